The summed E-state index contributed by atoms with van der Waals surface area (Å²) in [6.45, 7) is 0. The van der Waals surface area contributed by atoms with Crippen molar-refractivity contribution in [3.8, 4) is 0 Å². The van der Waals surface area contributed by atoms with Gasteiger partial charge in [0.05, 0.1) is 6.42 Å². The number of hydrogen-bond donors (Lipinski definition) is 3. The van der Waals surface area contributed by atoms with Gasteiger partial charge in [-0.25, -0.2) is 0 Å². The van der Waals surface area contributed by atoms with Crippen molar-refractivity contribution in [2.24, 2.45) is 5.73 Å². The molecule has 5 N–H and O–H groups in total. The molecule has 1 fully saturated rings. The van der Waals surface area contributed by atoms with Crippen LogP contribution in [0.3, 0.4) is 0 Å². The lowest BCUT2D eigenvalue weighted by Crippen LogP contribution is -2.41. The van der Waals surface area contributed by atoms with E-state index in [1.807, 2.05) is 24.3 Å². The minimum Gasteiger partial charge on any atom is -0.399 e. The summed E-state index contributed by atoms with van der Waals surface area (Å²) < 4.78 is 0. The van der Waals surface area contributed by atoms with Crippen molar-refractivity contribution < 1.29 is 4.79 Å². The largest absolute Gasteiger partial charge is 0.399 e. The third-order valence-corrected chi connectivity index (χ3v) is 3.48. The highest BCUT2D eigenvalue weighted by Crippen LogP contribution is 2.17. The van der Waals surface area contributed by atoms with Crippen LogP contribution in [0.4, 0.5) is 5.69 Å². The summed E-state index contributed by atoms with van der Waals surface area (Å²) in [5.74, 6) is 0.0836. The number of nitrogen functional groups attached to an aromatic ring is 1. The molecule has 1 aromatic rings. The summed E-state index contributed by atoms with van der Waals surface area (Å²) in [5.41, 5.74) is 13.2. The van der Waals surface area contributed by atoms with Gasteiger partial charge in [0, 0.05) is 17.8 Å². The predicted octanol–water partition coefficient (Wildman–Crippen LogP) is 1.20. The highest BCUT2D eigenvalue weighted by molar-refractivity contribution is 5.79. The highest BCUT2D eigenvalue weighted by atomic mass is 16.1. The number of anilines is 1. The van der Waals surface area contributed by atoms with Crippen LogP contribution in [0.1, 0.15) is 31.2 Å². The molecular formula is C14H21N3O. The Balaban J connectivity index is 1.80. The first-order valence-corrected chi connectivity index (χ1v) is 6.53. The van der Waals surface area contributed by atoms with Crippen LogP contribution in [0.5, 0.6) is 0 Å². The lowest BCUT2D eigenvalue weighted by molar-refractivity contribution is -0.121. The number of carbonyl (C=O) groups is 1. The molecule has 1 amide bonds. The van der Waals surface area contributed by atoms with Crippen LogP contribution in [-0.4, -0.2) is 18.0 Å². The van der Waals surface area contributed by atoms with E-state index in [1.165, 1.54) is 0 Å². The van der Waals surface area contributed by atoms with Gasteiger partial charge in [-0.1, -0.05) is 12.1 Å². The number of hydrogen-bond acceptors (Lipinski definition) is 3. The van der Waals surface area contributed by atoms with Crippen LogP contribution in [0.25, 0.3) is 0 Å². The molecule has 4 heteroatoms. The average molecular weight is 247 g/mol. The molecule has 0 radical (unpaired) electrons. The van der Waals surface area contributed by atoms with Crippen LogP contribution in [0, 0.1) is 0 Å². The second-order valence-electron chi connectivity index (χ2n) is 5.10. The minimum absolute atomic E-state index is 0.0836. The van der Waals surface area contributed by atoms with E-state index < -0.39 is 0 Å². The van der Waals surface area contributed by atoms with E-state index in [1.54, 1.807) is 0 Å². The minimum atomic E-state index is 0.0836. The van der Waals surface area contributed by atoms with E-state index in [0.29, 0.717) is 18.5 Å². The molecular weight excluding hydrogens is 226 g/mol. The van der Waals surface area contributed by atoms with Gasteiger partial charge in [0.1, 0.15) is 0 Å². The SMILES string of the molecule is Nc1ccc(CC(=O)NC2CCC(N)CC2)cc1. The van der Waals surface area contributed by atoms with Gasteiger partial charge < -0.3 is 16.8 Å². The number of rotatable bonds is 3. The van der Waals surface area contributed by atoms with E-state index in [0.717, 1.165) is 36.9 Å². The smallest absolute Gasteiger partial charge is 0.224 e. The number of benzene rings is 1. The van der Waals surface area contributed by atoms with Gasteiger partial charge in [0.2, 0.25) is 5.91 Å². The molecule has 0 aromatic heterocycles. The Kier molecular flexibility index (Phi) is 4.20. The molecule has 4 nitrogen and oxygen atoms in total. The van der Waals surface area contributed by atoms with Crippen LogP contribution in [-0.2, 0) is 11.2 Å². The average Bonchev–Trinajstić information content (AvgIpc) is 2.35. The Morgan fingerprint density at radius 2 is 1.78 bits per heavy atom. The van der Waals surface area contributed by atoms with Crippen molar-refractivity contribution in [3.05, 3.63) is 29.8 Å². The van der Waals surface area contributed by atoms with E-state index in [9.17, 15) is 4.79 Å². The molecule has 1 aliphatic carbocycles. The van der Waals surface area contributed by atoms with Crippen LogP contribution in [0.2, 0.25) is 0 Å². The predicted molar refractivity (Wildman–Crippen MR) is 72.9 cm³/mol. The molecule has 0 heterocycles. The Bertz CT molecular complexity index is 394. The van der Waals surface area contributed by atoms with E-state index in [-0.39, 0.29) is 5.91 Å². The Labute approximate surface area is 108 Å². The molecule has 18 heavy (non-hydrogen) atoms. The zero-order valence-corrected chi connectivity index (χ0v) is 10.6. The normalized spacial score (nSPS) is 23.6. The van der Waals surface area contributed by atoms with Gasteiger partial charge >= 0.3 is 0 Å². The van der Waals surface area contributed by atoms with E-state index in [4.69, 9.17) is 11.5 Å². The fraction of sp³-hybridized carbons (Fsp3) is 0.500. The molecule has 0 unspecified atom stereocenters. The molecule has 0 bridgehead atoms. The van der Waals surface area contributed by atoms with Gasteiger partial charge in [-0.2, -0.15) is 0 Å². The summed E-state index contributed by atoms with van der Waals surface area (Å²) in [6.07, 6.45) is 4.42. The maximum Gasteiger partial charge on any atom is 0.224 e. The number of nitrogens with one attached hydrogen (secondary N) is 1. The number of carbonyl (C=O) groups excluding carboxylic acids is 1. The van der Waals surface area contributed by atoms with Crippen molar-refractivity contribution >= 4 is 11.6 Å². The first-order chi connectivity index (χ1) is 8.63. The monoisotopic (exact) mass is 247 g/mol. The van der Waals surface area contributed by atoms with Gasteiger partial charge in [-0.3, -0.25) is 4.79 Å². The zero-order chi connectivity index (χ0) is 13.0. The lowest BCUT2D eigenvalue weighted by atomic mass is 9.91. The standard InChI is InChI=1S/C14H21N3O/c15-11-3-1-10(2-4-11)9-14(18)17-13-7-5-12(16)6-8-13/h1-4,12-13H,5-9,15-16H2,(H,17,18). The van der Waals surface area contributed by atoms with E-state index >= 15 is 0 Å². The first-order valence-electron chi connectivity index (χ1n) is 6.53. The van der Waals surface area contributed by atoms with Gasteiger partial charge in [0.15, 0.2) is 0 Å². The highest BCUT2D eigenvalue weighted by Gasteiger charge is 2.19. The molecule has 1 saturated carbocycles. The van der Waals surface area contributed by atoms with Crippen LogP contribution >= 0.6 is 0 Å². The Hall–Kier alpha value is -1.55. The van der Waals surface area contributed by atoms with Crippen molar-refractivity contribution in [2.75, 3.05) is 5.73 Å². The zero-order valence-electron chi connectivity index (χ0n) is 10.6. The summed E-state index contributed by atoms with van der Waals surface area (Å²) in [7, 11) is 0. The molecule has 0 spiro atoms. The van der Waals surface area contributed by atoms with Crippen molar-refractivity contribution in [3.63, 3.8) is 0 Å². The van der Waals surface area contributed by atoms with Crippen molar-refractivity contribution in [1.82, 2.24) is 5.32 Å². The molecule has 1 aliphatic rings. The molecule has 0 aliphatic heterocycles. The molecule has 0 atom stereocenters. The molecule has 1 aromatic carbocycles. The second-order valence-corrected chi connectivity index (χ2v) is 5.10. The van der Waals surface area contributed by atoms with Gasteiger partial charge in [-0.15, -0.1) is 0 Å². The number of nitrogens with two attached hydrogens (primary N) is 2. The maximum absolute atomic E-state index is 11.9. The number of amides is 1. The molecule has 2 rings (SSSR count). The second kappa shape index (κ2) is 5.87. The third kappa shape index (κ3) is 3.74. The quantitative estimate of drug-likeness (QED) is 0.702. The third-order valence-electron chi connectivity index (χ3n) is 3.48. The van der Waals surface area contributed by atoms with Gasteiger partial charge in [0.25, 0.3) is 0 Å². The Morgan fingerprint density at radius 3 is 2.39 bits per heavy atom. The maximum atomic E-state index is 11.9. The van der Waals surface area contributed by atoms with Crippen molar-refractivity contribution in [2.45, 2.75) is 44.2 Å². The van der Waals surface area contributed by atoms with Crippen LogP contribution < -0.4 is 16.8 Å². The lowest BCUT2D eigenvalue weighted by Gasteiger charge is -2.26. The summed E-state index contributed by atoms with van der Waals surface area (Å²) >= 11 is 0. The topological polar surface area (TPSA) is 81.1 Å². The van der Waals surface area contributed by atoms with Gasteiger partial charge in [-0.05, 0) is 43.4 Å². The van der Waals surface area contributed by atoms with Crippen molar-refractivity contribution in [1.29, 1.82) is 0 Å². The summed E-state index contributed by atoms with van der Waals surface area (Å²) in [5, 5.41) is 3.08. The summed E-state index contributed by atoms with van der Waals surface area (Å²) in [4.78, 5) is 11.9. The fourth-order valence-electron chi connectivity index (χ4n) is 2.36. The Morgan fingerprint density at radius 1 is 1.17 bits per heavy atom. The summed E-state index contributed by atoms with van der Waals surface area (Å²) in [6, 6.07) is 8.04. The van der Waals surface area contributed by atoms with Crippen LogP contribution in [0.15, 0.2) is 24.3 Å². The molecule has 98 valence electrons. The van der Waals surface area contributed by atoms with E-state index in [2.05, 4.69) is 5.32 Å². The molecule has 0 saturated heterocycles. The first kappa shape index (κ1) is 12.9. The fourth-order valence-corrected chi connectivity index (χ4v) is 2.36.